The Hall–Kier alpha value is -3.29. The van der Waals surface area contributed by atoms with Gasteiger partial charge in [-0.1, -0.05) is 6.08 Å². The van der Waals surface area contributed by atoms with Crippen molar-refractivity contribution < 1.29 is 14.3 Å². The van der Waals surface area contributed by atoms with Crippen LogP contribution in [0, 0.1) is 0 Å². The summed E-state index contributed by atoms with van der Waals surface area (Å²) in [5, 5.41) is 9.15. The van der Waals surface area contributed by atoms with E-state index in [1.807, 2.05) is 38.1 Å². The molecule has 0 unspecified atom stereocenters. The predicted octanol–water partition coefficient (Wildman–Crippen LogP) is 2.73. The van der Waals surface area contributed by atoms with Gasteiger partial charge in [0.2, 0.25) is 5.95 Å². The molecule has 1 aromatic carbocycles. The number of amides is 1. The molecule has 1 aliphatic rings. The fraction of sp³-hybridized carbons (Fsp3) is 0.316. The maximum absolute atomic E-state index is 12.5. The second-order valence-electron chi connectivity index (χ2n) is 6.24. The third-order valence-electron chi connectivity index (χ3n) is 3.76. The topological polar surface area (TPSA) is 97.4 Å². The number of nitrogens with one attached hydrogen (secondary N) is 3. The molecule has 0 saturated heterocycles. The summed E-state index contributed by atoms with van der Waals surface area (Å²) in [4.78, 5) is 21.2. The molecule has 0 atom stereocenters. The van der Waals surface area contributed by atoms with Crippen molar-refractivity contribution in [3.05, 3.63) is 42.1 Å². The zero-order chi connectivity index (χ0) is 19.2. The molecule has 142 valence electrons. The molecule has 0 aliphatic carbocycles. The molecular formula is C19H23N5O3. The van der Waals surface area contributed by atoms with Gasteiger partial charge in [-0.3, -0.25) is 4.79 Å². The van der Waals surface area contributed by atoms with E-state index < -0.39 is 0 Å². The molecule has 2 aromatic rings. The molecule has 27 heavy (non-hydrogen) atoms. The van der Waals surface area contributed by atoms with Crippen LogP contribution in [0.1, 0.15) is 24.2 Å². The van der Waals surface area contributed by atoms with Crippen LogP contribution in [0.2, 0.25) is 0 Å². The molecule has 1 amide bonds. The first-order valence-corrected chi connectivity index (χ1v) is 8.71. The minimum Gasteiger partial charge on any atom is -0.493 e. The highest BCUT2D eigenvalue weighted by molar-refractivity contribution is 5.99. The third-order valence-corrected chi connectivity index (χ3v) is 3.76. The summed E-state index contributed by atoms with van der Waals surface area (Å²) >= 11 is 0. The number of anilines is 3. The Kier molecular flexibility index (Phi) is 5.75. The SMILES string of the molecule is COc1ccc2cc1OC/C=C\CNc1ncc(C(=O)NC(C)C)c(n1)N2. The number of benzene rings is 1. The lowest BCUT2D eigenvalue weighted by Gasteiger charge is -2.15. The van der Waals surface area contributed by atoms with E-state index in [9.17, 15) is 4.79 Å². The molecule has 0 fully saturated rings. The van der Waals surface area contributed by atoms with E-state index >= 15 is 0 Å². The van der Waals surface area contributed by atoms with Crippen molar-refractivity contribution in [2.45, 2.75) is 19.9 Å². The minimum absolute atomic E-state index is 0.00314. The van der Waals surface area contributed by atoms with E-state index in [-0.39, 0.29) is 11.9 Å². The van der Waals surface area contributed by atoms with Crippen LogP contribution in [-0.4, -0.2) is 42.2 Å². The van der Waals surface area contributed by atoms with Crippen molar-refractivity contribution in [2.24, 2.45) is 0 Å². The first-order valence-electron chi connectivity index (χ1n) is 8.71. The molecule has 8 nitrogen and oxygen atoms in total. The molecule has 1 aromatic heterocycles. The summed E-state index contributed by atoms with van der Waals surface area (Å²) < 4.78 is 11.1. The van der Waals surface area contributed by atoms with Crippen molar-refractivity contribution in [3.63, 3.8) is 0 Å². The van der Waals surface area contributed by atoms with Crippen molar-refractivity contribution in [1.29, 1.82) is 0 Å². The highest BCUT2D eigenvalue weighted by Crippen LogP contribution is 2.32. The van der Waals surface area contributed by atoms with Crippen molar-refractivity contribution in [2.75, 3.05) is 30.9 Å². The van der Waals surface area contributed by atoms with Gasteiger partial charge in [0.15, 0.2) is 11.5 Å². The molecule has 3 rings (SSSR count). The van der Waals surface area contributed by atoms with Crippen LogP contribution >= 0.6 is 0 Å². The fourth-order valence-corrected chi connectivity index (χ4v) is 2.51. The molecule has 0 radical (unpaired) electrons. The molecule has 2 heterocycles. The number of fused-ring (bicyclic) bond motifs is 4. The number of carbonyl (C=O) groups is 1. The van der Waals surface area contributed by atoms with Gasteiger partial charge in [0.1, 0.15) is 18.0 Å². The van der Waals surface area contributed by atoms with Crippen LogP contribution in [0.15, 0.2) is 36.5 Å². The van der Waals surface area contributed by atoms with Crippen LogP contribution in [0.5, 0.6) is 11.5 Å². The second kappa shape index (κ2) is 8.39. The lowest BCUT2D eigenvalue weighted by molar-refractivity contribution is 0.0943. The Morgan fingerprint density at radius 1 is 1.33 bits per heavy atom. The van der Waals surface area contributed by atoms with E-state index in [4.69, 9.17) is 9.47 Å². The van der Waals surface area contributed by atoms with E-state index in [0.717, 1.165) is 5.69 Å². The third kappa shape index (κ3) is 4.66. The van der Waals surface area contributed by atoms with Gasteiger partial charge in [-0.25, -0.2) is 4.98 Å². The molecule has 3 N–H and O–H groups in total. The monoisotopic (exact) mass is 369 g/mol. The number of rotatable bonds is 3. The van der Waals surface area contributed by atoms with Crippen LogP contribution in [-0.2, 0) is 0 Å². The van der Waals surface area contributed by atoms with E-state index in [1.165, 1.54) is 6.20 Å². The summed E-state index contributed by atoms with van der Waals surface area (Å²) in [6.07, 6.45) is 5.33. The molecule has 8 heteroatoms. The van der Waals surface area contributed by atoms with Crippen molar-refractivity contribution in [3.8, 4) is 11.5 Å². The number of methoxy groups -OCH3 is 1. The standard InChI is InChI=1S/C19H23N5O3/c1-12(2)22-18(25)14-11-21-19-20-8-4-5-9-27-16-10-13(23-17(14)24-19)6-7-15(16)26-3/h4-7,10-12H,8-9H2,1-3H3,(H,22,25)(H2,20,21,23,24)/b5-4-. The lowest BCUT2D eigenvalue weighted by atomic mass is 10.2. The van der Waals surface area contributed by atoms with Crippen molar-refractivity contribution >= 4 is 23.4 Å². The quantitative estimate of drug-likeness (QED) is 0.716. The summed E-state index contributed by atoms with van der Waals surface area (Å²) in [7, 11) is 1.59. The number of nitrogens with zero attached hydrogens (tertiary/aromatic N) is 2. The van der Waals surface area contributed by atoms with Crippen LogP contribution in [0.25, 0.3) is 0 Å². The summed E-state index contributed by atoms with van der Waals surface area (Å²) in [6, 6.07) is 5.45. The van der Waals surface area contributed by atoms with Crippen LogP contribution in [0.3, 0.4) is 0 Å². The van der Waals surface area contributed by atoms with E-state index in [2.05, 4.69) is 25.9 Å². The van der Waals surface area contributed by atoms with Gasteiger partial charge < -0.3 is 25.4 Å². The van der Waals surface area contributed by atoms with Gasteiger partial charge >= 0.3 is 0 Å². The number of hydrogen-bond donors (Lipinski definition) is 3. The van der Waals surface area contributed by atoms with Crippen LogP contribution < -0.4 is 25.4 Å². The van der Waals surface area contributed by atoms with E-state index in [1.54, 1.807) is 13.2 Å². The fourth-order valence-electron chi connectivity index (χ4n) is 2.51. The normalized spacial score (nSPS) is 14.4. The summed E-state index contributed by atoms with van der Waals surface area (Å²) in [5.74, 6) is 1.82. The zero-order valence-corrected chi connectivity index (χ0v) is 15.6. The Bertz CT molecular complexity index is 851. The highest BCUT2D eigenvalue weighted by atomic mass is 16.5. The first-order chi connectivity index (χ1) is 13.1. The average Bonchev–Trinajstić information content (AvgIpc) is 2.64. The number of ether oxygens (including phenoxy) is 2. The van der Waals surface area contributed by atoms with Gasteiger partial charge in [0.05, 0.1) is 7.11 Å². The summed E-state index contributed by atoms with van der Waals surface area (Å²) in [5.41, 5.74) is 1.08. The maximum Gasteiger partial charge on any atom is 0.256 e. The van der Waals surface area contributed by atoms with Gasteiger partial charge in [0, 0.05) is 30.5 Å². The molecule has 1 aliphatic heterocycles. The first kappa shape index (κ1) is 18.5. The summed E-state index contributed by atoms with van der Waals surface area (Å²) in [6.45, 7) is 4.74. The molecule has 4 bridgehead atoms. The zero-order valence-electron chi connectivity index (χ0n) is 15.6. The van der Waals surface area contributed by atoms with E-state index in [0.29, 0.717) is 42.0 Å². The second-order valence-corrected chi connectivity index (χ2v) is 6.24. The van der Waals surface area contributed by atoms with Crippen molar-refractivity contribution in [1.82, 2.24) is 15.3 Å². The Labute approximate surface area is 158 Å². The number of hydrogen-bond acceptors (Lipinski definition) is 7. The Balaban J connectivity index is 2.02. The Morgan fingerprint density at radius 2 is 2.19 bits per heavy atom. The minimum atomic E-state index is -0.242. The smallest absolute Gasteiger partial charge is 0.256 e. The molecule has 0 spiro atoms. The van der Waals surface area contributed by atoms with Gasteiger partial charge in [-0.15, -0.1) is 0 Å². The maximum atomic E-state index is 12.5. The molecular weight excluding hydrogens is 346 g/mol. The van der Waals surface area contributed by atoms with Gasteiger partial charge in [-0.05, 0) is 32.1 Å². The number of aromatic nitrogens is 2. The van der Waals surface area contributed by atoms with Gasteiger partial charge in [-0.2, -0.15) is 4.98 Å². The predicted molar refractivity (Wildman–Crippen MR) is 104 cm³/mol. The number of carbonyl (C=O) groups excluding carboxylic acids is 1. The Morgan fingerprint density at radius 3 is 2.96 bits per heavy atom. The lowest BCUT2D eigenvalue weighted by Crippen LogP contribution is -2.31. The largest absolute Gasteiger partial charge is 0.493 e. The highest BCUT2D eigenvalue weighted by Gasteiger charge is 2.17. The van der Waals surface area contributed by atoms with Crippen LogP contribution in [0.4, 0.5) is 17.5 Å². The van der Waals surface area contributed by atoms with Gasteiger partial charge in [0.25, 0.3) is 5.91 Å². The average molecular weight is 369 g/mol. The molecule has 0 saturated carbocycles.